The maximum atomic E-state index is 10.6. The third-order valence-electron chi connectivity index (χ3n) is 3.89. The van der Waals surface area contributed by atoms with Crippen molar-refractivity contribution in [2.75, 3.05) is 5.75 Å². The predicted molar refractivity (Wildman–Crippen MR) is 69.1 cm³/mol. The Labute approximate surface area is 106 Å². The number of benzene rings is 1. The van der Waals surface area contributed by atoms with Gasteiger partial charge in [0.25, 0.3) is 0 Å². The van der Waals surface area contributed by atoms with Crippen molar-refractivity contribution in [3.8, 4) is 0 Å². The maximum absolute atomic E-state index is 10.6. The second-order valence-electron chi connectivity index (χ2n) is 4.86. The van der Waals surface area contributed by atoms with E-state index in [1.807, 2.05) is 11.8 Å². The van der Waals surface area contributed by atoms with Crippen LogP contribution in [0, 0.1) is 0 Å². The SMILES string of the molecule is O=C=NC1(c2ccc3c(c2)SCCC3)CCC1. The number of aryl methyl sites for hydroxylation is 1. The van der Waals surface area contributed by atoms with Crippen LogP contribution in [0.2, 0.25) is 0 Å². The Morgan fingerprint density at radius 3 is 2.88 bits per heavy atom. The summed E-state index contributed by atoms with van der Waals surface area (Å²) in [6.07, 6.45) is 7.36. The number of hydrogen-bond acceptors (Lipinski definition) is 3. The maximum Gasteiger partial charge on any atom is 0.235 e. The van der Waals surface area contributed by atoms with Crippen molar-refractivity contribution in [3.63, 3.8) is 0 Å². The van der Waals surface area contributed by atoms with Gasteiger partial charge in [0.2, 0.25) is 6.08 Å². The number of rotatable bonds is 2. The number of nitrogens with zero attached hydrogens (tertiary/aromatic N) is 1. The first-order chi connectivity index (χ1) is 8.34. The summed E-state index contributed by atoms with van der Waals surface area (Å²) < 4.78 is 0. The summed E-state index contributed by atoms with van der Waals surface area (Å²) in [4.78, 5) is 16.0. The van der Waals surface area contributed by atoms with Gasteiger partial charge >= 0.3 is 0 Å². The zero-order valence-electron chi connectivity index (χ0n) is 9.74. The van der Waals surface area contributed by atoms with Gasteiger partial charge in [-0.1, -0.05) is 12.1 Å². The van der Waals surface area contributed by atoms with E-state index < -0.39 is 0 Å². The van der Waals surface area contributed by atoms with Crippen LogP contribution < -0.4 is 0 Å². The van der Waals surface area contributed by atoms with Crippen LogP contribution in [0.1, 0.15) is 36.8 Å². The Bertz CT molecular complexity index is 487. The quantitative estimate of drug-likeness (QED) is 0.590. The van der Waals surface area contributed by atoms with Crippen LogP contribution in [-0.4, -0.2) is 11.8 Å². The molecule has 1 heterocycles. The van der Waals surface area contributed by atoms with Crippen LogP contribution in [0.3, 0.4) is 0 Å². The Balaban J connectivity index is 2.00. The van der Waals surface area contributed by atoms with E-state index in [1.165, 1.54) is 34.6 Å². The van der Waals surface area contributed by atoms with Crippen LogP contribution in [0.5, 0.6) is 0 Å². The van der Waals surface area contributed by atoms with Gasteiger partial charge in [0, 0.05) is 4.90 Å². The van der Waals surface area contributed by atoms with E-state index in [0.29, 0.717) is 0 Å². The largest absolute Gasteiger partial charge is 0.235 e. The average molecular weight is 245 g/mol. The summed E-state index contributed by atoms with van der Waals surface area (Å²) in [5.41, 5.74) is 2.42. The normalized spacial score (nSPS) is 20.9. The van der Waals surface area contributed by atoms with Crippen molar-refractivity contribution in [3.05, 3.63) is 29.3 Å². The number of isocyanates is 1. The number of fused-ring (bicyclic) bond motifs is 1. The number of carbonyl (C=O) groups excluding carboxylic acids is 1. The molecule has 0 unspecified atom stereocenters. The molecule has 0 saturated heterocycles. The first kappa shape index (κ1) is 11.1. The zero-order chi connectivity index (χ0) is 11.7. The van der Waals surface area contributed by atoms with Crippen molar-refractivity contribution in [1.29, 1.82) is 0 Å². The van der Waals surface area contributed by atoms with E-state index in [1.54, 1.807) is 6.08 Å². The fourth-order valence-corrected chi connectivity index (χ4v) is 3.77. The van der Waals surface area contributed by atoms with Crippen LogP contribution >= 0.6 is 11.8 Å². The highest BCUT2D eigenvalue weighted by Crippen LogP contribution is 2.46. The molecule has 2 nitrogen and oxygen atoms in total. The fourth-order valence-electron chi connectivity index (χ4n) is 2.69. The monoisotopic (exact) mass is 245 g/mol. The minimum atomic E-state index is -0.241. The molecule has 0 spiro atoms. The molecule has 1 aromatic rings. The summed E-state index contributed by atoms with van der Waals surface area (Å²) >= 11 is 1.93. The minimum Gasteiger partial charge on any atom is -0.211 e. The van der Waals surface area contributed by atoms with Crippen LogP contribution in [0.4, 0.5) is 0 Å². The van der Waals surface area contributed by atoms with Crippen molar-refractivity contribution in [1.82, 2.24) is 0 Å². The van der Waals surface area contributed by atoms with E-state index in [9.17, 15) is 4.79 Å². The predicted octanol–water partition coefficient (Wildman–Crippen LogP) is 3.44. The van der Waals surface area contributed by atoms with E-state index in [-0.39, 0.29) is 5.54 Å². The summed E-state index contributed by atoms with van der Waals surface area (Å²) in [6, 6.07) is 6.63. The lowest BCUT2D eigenvalue weighted by atomic mass is 9.72. The molecule has 0 atom stereocenters. The summed E-state index contributed by atoms with van der Waals surface area (Å²) in [7, 11) is 0. The van der Waals surface area contributed by atoms with Crippen LogP contribution in [0.15, 0.2) is 28.1 Å². The van der Waals surface area contributed by atoms with Gasteiger partial charge in [-0.3, -0.25) is 0 Å². The number of thioether (sulfide) groups is 1. The molecule has 0 amide bonds. The Morgan fingerprint density at radius 2 is 2.18 bits per heavy atom. The molecule has 1 aliphatic carbocycles. The van der Waals surface area contributed by atoms with Gasteiger partial charge in [-0.25, -0.2) is 4.79 Å². The molecule has 0 bridgehead atoms. The van der Waals surface area contributed by atoms with Crippen LogP contribution in [0.25, 0.3) is 0 Å². The van der Waals surface area contributed by atoms with Gasteiger partial charge in [0.15, 0.2) is 0 Å². The zero-order valence-corrected chi connectivity index (χ0v) is 10.6. The molecule has 1 aliphatic heterocycles. The molecule has 1 saturated carbocycles. The molecule has 17 heavy (non-hydrogen) atoms. The van der Waals surface area contributed by atoms with E-state index in [0.717, 1.165) is 19.3 Å². The van der Waals surface area contributed by atoms with Crippen molar-refractivity contribution >= 4 is 17.8 Å². The second-order valence-corrected chi connectivity index (χ2v) is 6.00. The highest BCUT2D eigenvalue weighted by molar-refractivity contribution is 7.99. The number of hydrogen-bond donors (Lipinski definition) is 0. The lowest BCUT2D eigenvalue weighted by Gasteiger charge is -2.37. The van der Waals surface area contributed by atoms with Gasteiger partial charge in [-0.05, 0) is 55.1 Å². The Kier molecular flexibility index (Phi) is 2.81. The molecule has 0 N–H and O–H groups in total. The Morgan fingerprint density at radius 1 is 1.29 bits per heavy atom. The molecular weight excluding hydrogens is 230 g/mol. The van der Waals surface area contributed by atoms with Gasteiger partial charge in [-0.15, -0.1) is 11.8 Å². The van der Waals surface area contributed by atoms with E-state index in [4.69, 9.17) is 0 Å². The molecule has 0 aromatic heterocycles. The standard InChI is InChI=1S/C14H15NOS/c16-10-15-14(6-2-7-14)12-5-4-11-3-1-8-17-13(11)9-12/h4-5,9H,1-3,6-8H2. The Hall–Kier alpha value is -1.05. The smallest absolute Gasteiger partial charge is 0.211 e. The first-order valence-corrected chi connectivity index (χ1v) is 7.18. The topological polar surface area (TPSA) is 29.4 Å². The van der Waals surface area contributed by atoms with Gasteiger partial charge in [-0.2, -0.15) is 4.99 Å². The minimum absolute atomic E-state index is 0.241. The highest BCUT2D eigenvalue weighted by Gasteiger charge is 2.39. The molecule has 3 heteroatoms. The second kappa shape index (κ2) is 4.32. The molecule has 88 valence electrons. The summed E-state index contributed by atoms with van der Waals surface area (Å²) in [5.74, 6) is 1.21. The van der Waals surface area contributed by atoms with Crippen molar-refractivity contribution < 1.29 is 4.79 Å². The van der Waals surface area contributed by atoms with E-state index >= 15 is 0 Å². The lowest BCUT2D eigenvalue weighted by molar-refractivity contribution is 0.255. The first-order valence-electron chi connectivity index (χ1n) is 6.19. The molecular formula is C14H15NOS. The lowest BCUT2D eigenvalue weighted by Crippen LogP contribution is -2.32. The summed E-state index contributed by atoms with van der Waals surface area (Å²) in [5, 5.41) is 0. The van der Waals surface area contributed by atoms with Gasteiger partial charge < -0.3 is 0 Å². The van der Waals surface area contributed by atoms with Crippen LogP contribution in [-0.2, 0) is 16.8 Å². The van der Waals surface area contributed by atoms with E-state index in [2.05, 4.69) is 23.2 Å². The third-order valence-corrected chi connectivity index (χ3v) is 5.08. The molecule has 2 aliphatic rings. The van der Waals surface area contributed by atoms with Gasteiger partial charge in [0.1, 0.15) is 0 Å². The molecule has 3 rings (SSSR count). The molecule has 1 fully saturated rings. The number of aliphatic imine (C=N–C) groups is 1. The highest BCUT2D eigenvalue weighted by atomic mass is 32.2. The molecule has 1 aromatic carbocycles. The third kappa shape index (κ3) is 1.84. The van der Waals surface area contributed by atoms with Crippen molar-refractivity contribution in [2.45, 2.75) is 42.5 Å². The average Bonchev–Trinajstić information content (AvgIpc) is 2.33. The van der Waals surface area contributed by atoms with Gasteiger partial charge in [0.05, 0.1) is 5.54 Å². The fraction of sp³-hybridized carbons (Fsp3) is 0.500. The van der Waals surface area contributed by atoms with Crippen molar-refractivity contribution in [2.24, 2.45) is 4.99 Å². The summed E-state index contributed by atoms with van der Waals surface area (Å²) in [6.45, 7) is 0. The molecule has 0 radical (unpaired) electrons.